The van der Waals surface area contributed by atoms with Gasteiger partial charge in [0.15, 0.2) is 0 Å². The Morgan fingerprint density at radius 3 is 1.39 bits per heavy atom. The molecule has 100 valence electrons. The summed E-state index contributed by atoms with van der Waals surface area (Å²) < 4.78 is 0. The van der Waals surface area contributed by atoms with Crippen LogP contribution in [0.4, 0.5) is 0 Å². The van der Waals surface area contributed by atoms with Crippen LogP contribution in [0.15, 0.2) is 62.7 Å². The summed E-state index contributed by atoms with van der Waals surface area (Å²) in [6, 6.07) is 8.48. The molecule has 0 fully saturated rings. The monoisotopic (exact) mass is 245 g/mol. The van der Waals surface area contributed by atoms with Crippen LogP contribution in [-0.4, -0.2) is 25.0 Å². The highest BCUT2D eigenvalue weighted by atomic mass is 15.1. The van der Waals surface area contributed by atoms with Gasteiger partial charge in [-0.1, -0.05) is 47.5 Å². The first-order chi connectivity index (χ1) is 8.60. The third-order valence-electron chi connectivity index (χ3n) is 2.10. The minimum atomic E-state index is 0.937. The quantitative estimate of drug-likeness (QED) is 0.711. The lowest BCUT2D eigenvalue weighted by Crippen LogP contribution is -2.17. The van der Waals surface area contributed by atoms with E-state index in [9.17, 15) is 0 Å². The molecule has 0 saturated heterocycles. The largest absolute Gasteiger partial charge is 0.299 e. The summed E-state index contributed by atoms with van der Waals surface area (Å²) in [6.07, 6.45) is 3.76. The molecule has 0 aliphatic heterocycles. The summed E-state index contributed by atoms with van der Waals surface area (Å²) in [7, 11) is 2.03. The molecule has 1 nitrogen and oxygen atoms in total. The number of hydrogen-bond acceptors (Lipinski definition) is 1. The van der Waals surface area contributed by atoms with Gasteiger partial charge in [-0.25, -0.2) is 0 Å². The molecular weight excluding hydrogens is 218 g/mol. The summed E-state index contributed by atoms with van der Waals surface area (Å²) in [4.78, 5) is 2.12. The fraction of sp³-hybridized carbons (Fsp3) is 0.294. The molecule has 0 radical (unpaired) electrons. The molecule has 0 atom stereocenters. The third kappa shape index (κ3) is 12.5. The Morgan fingerprint density at radius 2 is 1.17 bits per heavy atom. The molecule has 0 unspecified atom stereocenters. The number of aryl methyl sites for hydroxylation is 2. The summed E-state index contributed by atoms with van der Waals surface area (Å²) in [5.41, 5.74) is 2.66. The van der Waals surface area contributed by atoms with Crippen LogP contribution < -0.4 is 0 Å². The van der Waals surface area contributed by atoms with E-state index in [1.807, 2.05) is 19.2 Å². The number of benzene rings is 1. The van der Waals surface area contributed by atoms with Gasteiger partial charge in [-0.2, -0.15) is 0 Å². The van der Waals surface area contributed by atoms with Gasteiger partial charge < -0.3 is 0 Å². The maximum absolute atomic E-state index is 3.61. The van der Waals surface area contributed by atoms with Gasteiger partial charge in [-0.3, -0.25) is 4.90 Å². The number of nitrogens with zero attached hydrogens (tertiary/aromatic N) is 1. The zero-order chi connectivity index (χ0) is 14.4. The van der Waals surface area contributed by atoms with Crippen LogP contribution in [0.1, 0.15) is 11.1 Å². The fourth-order valence-corrected chi connectivity index (χ4v) is 1.15. The summed E-state index contributed by atoms with van der Waals surface area (Å²) in [6.45, 7) is 19.3. The molecule has 0 spiro atoms. The molecule has 0 amide bonds. The Kier molecular flexibility index (Phi) is 14.0. The van der Waals surface area contributed by atoms with Crippen LogP contribution in [0.3, 0.4) is 0 Å². The van der Waals surface area contributed by atoms with E-state index in [-0.39, 0.29) is 0 Å². The Labute approximate surface area is 113 Å². The number of hydrogen-bond donors (Lipinski definition) is 0. The van der Waals surface area contributed by atoms with E-state index >= 15 is 0 Å². The van der Waals surface area contributed by atoms with Crippen molar-refractivity contribution in [1.29, 1.82) is 0 Å². The molecule has 0 heterocycles. The van der Waals surface area contributed by atoms with Gasteiger partial charge in [-0.05, 0) is 20.9 Å². The maximum Gasteiger partial charge on any atom is 0.0160 e. The van der Waals surface area contributed by atoms with Gasteiger partial charge in [0.25, 0.3) is 0 Å². The number of rotatable bonds is 4. The van der Waals surface area contributed by atoms with Crippen molar-refractivity contribution in [2.75, 3.05) is 20.1 Å². The summed E-state index contributed by atoms with van der Waals surface area (Å²) >= 11 is 0. The molecule has 1 aromatic carbocycles. The van der Waals surface area contributed by atoms with E-state index in [0.29, 0.717) is 0 Å². The van der Waals surface area contributed by atoms with E-state index < -0.39 is 0 Å². The van der Waals surface area contributed by atoms with Gasteiger partial charge in [0.1, 0.15) is 0 Å². The van der Waals surface area contributed by atoms with Gasteiger partial charge in [0.2, 0.25) is 0 Å². The van der Waals surface area contributed by atoms with Gasteiger partial charge in [0.05, 0.1) is 0 Å². The lowest BCUT2D eigenvalue weighted by molar-refractivity contribution is 0.413. The van der Waals surface area contributed by atoms with Crippen LogP contribution in [0.5, 0.6) is 0 Å². The van der Waals surface area contributed by atoms with Gasteiger partial charge in [0, 0.05) is 13.1 Å². The van der Waals surface area contributed by atoms with Crippen molar-refractivity contribution in [2.24, 2.45) is 0 Å². The minimum Gasteiger partial charge on any atom is -0.299 e. The molecule has 0 aliphatic carbocycles. The average molecular weight is 245 g/mol. The molecule has 18 heavy (non-hydrogen) atoms. The smallest absolute Gasteiger partial charge is 0.0160 e. The molecule has 0 bridgehead atoms. The van der Waals surface area contributed by atoms with E-state index in [4.69, 9.17) is 0 Å². The molecule has 0 saturated carbocycles. The van der Waals surface area contributed by atoms with Crippen LogP contribution >= 0.6 is 0 Å². The SMILES string of the molecule is C=C.C=CCN(C)CC=C.Cc1ccc(C)cc1. The van der Waals surface area contributed by atoms with E-state index in [2.05, 4.69) is 69.3 Å². The third-order valence-corrected chi connectivity index (χ3v) is 2.10. The first-order valence-corrected chi connectivity index (χ1v) is 6.03. The molecule has 1 heteroatoms. The Morgan fingerprint density at radius 1 is 0.889 bits per heavy atom. The van der Waals surface area contributed by atoms with Crippen molar-refractivity contribution in [2.45, 2.75) is 13.8 Å². The topological polar surface area (TPSA) is 3.24 Å². The van der Waals surface area contributed by atoms with Crippen LogP contribution in [0, 0.1) is 13.8 Å². The molecule has 0 N–H and O–H groups in total. The fourth-order valence-electron chi connectivity index (χ4n) is 1.15. The highest BCUT2D eigenvalue weighted by Gasteiger charge is 1.86. The second kappa shape index (κ2) is 13.5. The maximum atomic E-state index is 3.61. The molecule has 0 aliphatic rings. The summed E-state index contributed by atoms with van der Waals surface area (Å²) in [5.74, 6) is 0. The van der Waals surface area contributed by atoms with Crippen molar-refractivity contribution >= 4 is 0 Å². The van der Waals surface area contributed by atoms with Crippen molar-refractivity contribution in [3.8, 4) is 0 Å². The first-order valence-electron chi connectivity index (χ1n) is 6.03. The van der Waals surface area contributed by atoms with Crippen LogP contribution in [0.25, 0.3) is 0 Å². The standard InChI is InChI=1S/C8H10.C7H13N.C2H4/c1-7-3-5-8(2)6-4-7;1-4-6-8(3)7-5-2;1-2/h3-6H,1-2H3;4-5H,1-2,6-7H2,3H3;1-2H2. The Hall–Kier alpha value is -1.60. The second-order valence-electron chi connectivity index (χ2n) is 3.95. The highest BCUT2D eigenvalue weighted by Crippen LogP contribution is 1.99. The molecule has 1 aromatic rings. The Balaban J connectivity index is 0. The normalized spacial score (nSPS) is 8.44. The van der Waals surface area contributed by atoms with E-state index in [1.165, 1.54) is 11.1 Å². The minimum absolute atomic E-state index is 0.937. The predicted octanol–water partition coefficient (Wildman–Crippen LogP) is 4.40. The van der Waals surface area contributed by atoms with Crippen LogP contribution in [-0.2, 0) is 0 Å². The van der Waals surface area contributed by atoms with Crippen molar-refractivity contribution in [1.82, 2.24) is 4.90 Å². The molecular formula is C17H27N. The first kappa shape index (κ1) is 18.8. The molecule has 0 aromatic heterocycles. The molecule has 1 rings (SSSR count). The number of likely N-dealkylation sites (N-methyl/N-ethyl adjacent to an activating group) is 1. The Bertz CT molecular complexity index is 280. The second-order valence-corrected chi connectivity index (χ2v) is 3.95. The van der Waals surface area contributed by atoms with E-state index in [1.54, 1.807) is 0 Å². The lowest BCUT2D eigenvalue weighted by Gasteiger charge is -2.09. The zero-order valence-corrected chi connectivity index (χ0v) is 12.2. The van der Waals surface area contributed by atoms with Crippen molar-refractivity contribution < 1.29 is 0 Å². The lowest BCUT2D eigenvalue weighted by atomic mass is 10.2. The van der Waals surface area contributed by atoms with Crippen molar-refractivity contribution in [3.63, 3.8) is 0 Å². The van der Waals surface area contributed by atoms with Crippen molar-refractivity contribution in [3.05, 3.63) is 73.9 Å². The average Bonchev–Trinajstić information content (AvgIpc) is 2.37. The van der Waals surface area contributed by atoms with Gasteiger partial charge in [-0.15, -0.1) is 26.3 Å². The van der Waals surface area contributed by atoms with Crippen LogP contribution in [0.2, 0.25) is 0 Å². The summed E-state index contributed by atoms with van der Waals surface area (Å²) in [5, 5.41) is 0. The zero-order valence-electron chi connectivity index (χ0n) is 12.2. The highest BCUT2D eigenvalue weighted by molar-refractivity contribution is 5.19. The van der Waals surface area contributed by atoms with Gasteiger partial charge >= 0.3 is 0 Å². The predicted molar refractivity (Wildman–Crippen MR) is 85.1 cm³/mol. The van der Waals surface area contributed by atoms with E-state index in [0.717, 1.165) is 13.1 Å².